The van der Waals surface area contributed by atoms with Gasteiger partial charge in [-0.1, -0.05) is 18.5 Å². The van der Waals surface area contributed by atoms with Gasteiger partial charge in [0.25, 0.3) is 5.91 Å². The molecule has 3 rings (SSSR count). The topological polar surface area (TPSA) is 62.6 Å². The molecule has 1 aromatic carbocycles. The fraction of sp³-hybridized carbons (Fsp3) is 0.476. The van der Waals surface area contributed by atoms with Crippen LogP contribution in [-0.2, 0) is 17.1 Å². The molecule has 2 heterocycles. The summed E-state index contributed by atoms with van der Waals surface area (Å²) in [5.74, 6) is 0.289. The van der Waals surface area contributed by atoms with Crippen molar-refractivity contribution in [1.29, 1.82) is 0 Å². The number of hydrogen-bond acceptors (Lipinski definition) is 3. The Hall–Kier alpha value is -1.83. The van der Waals surface area contributed by atoms with E-state index < -0.39 is 10.0 Å². The molecule has 29 heavy (non-hydrogen) atoms. The average molecular weight is 438 g/mol. The third-order valence-corrected chi connectivity index (χ3v) is 7.85. The number of amides is 1. The minimum atomic E-state index is -3.66. The summed E-state index contributed by atoms with van der Waals surface area (Å²) in [5, 5.41) is 0.260. The maximum absolute atomic E-state index is 13.6. The van der Waals surface area contributed by atoms with E-state index in [4.69, 9.17) is 11.6 Å². The van der Waals surface area contributed by atoms with Crippen LogP contribution >= 0.6 is 11.6 Å². The van der Waals surface area contributed by atoms with Crippen LogP contribution in [0, 0.1) is 5.92 Å². The van der Waals surface area contributed by atoms with Crippen LogP contribution in [0.1, 0.15) is 48.3 Å². The Labute approximate surface area is 178 Å². The van der Waals surface area contributed by atoms with Crippen molar-refractivity contribution in [3.05, 3.63) is 52.8 Å². The third kappa shape index (κ3) is 4.37. The predicted octanol–water partition coefficient (Wildman–Crippen LogP) is 3.93. The van der Waals surface area contributed by atoms with E-state index in [0.29, 0.717) is 12.5 Å². The number of aryl methyl sites for hydroxylation is 1. The van der Waals surface area contributed by atoms with E-state index in [2.05, 4.69) is 6.92 Å². The zero-order chi connectivity index (χ0) is 21.3. The maximum atomic E-state index is 13.6. The normalized spacial score (nSPS) is 20.7. The Morgan fingerprint density at radius 3 is 2.52 bits per heavy atom. The molecule has 1 aliphatic rings. The van der Waals surface area contributed by atoms with Gasteiger partial charge in [0, 0.05) is 39.6 Å². The lowest BCUT2D eigenvalue weighted by molar-refractivity contribution is 0.0673. The number of nitrogens with zero attached hydrogens (tertiary/aromatic N) is 3. The number of carbonyl (C=O) groups excluding carboxylic acids is 1. The lowest BCUT2D eigenvalue weighted by Crippen LogP contribution is -2.36. The number of benzene rings is 1. The molecule has 2 atom stereocenters. The van der Waals surface area contributed by atoms with Crippen molar-refractivity contribution in [3.63, 3.8) is 0 Å². The smallest absolute Gasteiger partial charge is 0.255 e. The first kappa shape index (κ1) is 21.9. The zero-order valence-electron chi connectivity index (χ0n) is 17.3. The number of rotatable bonds is 4. The Bertz CT molecular complexity index is 1000. The fourth-order valence-electron chi connectivity index (χ4n) is 3.82. The minimum absolute atomic E-state index is 0.0638. The number of sulfonamides is 1. The molecular weight excluding hydrogens is 410 g/mol. The van der Waals surface area contributed by atoms with Gasteiger partial charge in [-0.25, -0.2) is 12.7 Å². The molecule has 6 nitrogen and oxygen atoms in total. The molecule has 1 fully saturated rings. The highest BCUT2D eigenvalue weighted by molar-refractivity contribution is 7.89. The summed E-state index contributed by atoms with van der Waals surface area (Å²) in [6, 6.07) is 8.27. The summed E-state index contributed by atoms with van der Waals surface area (Å²) in [5.41, 5.74) is 1.30. The van der Waals surface area contributed by atoms with Crippen molar-refractivity contribution >= 4 is 27.5 Å². The summed E-state index contributed by atoms with van der Waals surface area (Å²) in [6.45, 7) is 2.81. The highest BCUT2D eigenvalue weighted by Gasteiger charge is 2.32. The van der Waals surface area contributed by atoms with Gasteiger partial charge in [-0.2, -0.15) is 0 Å². The Balaban J connectivity index is 2.04. The van der Waals surface area contributed by atoms with E-state index in [1.807, 2.05) is 34.8 Å². The second-order valence-electron chi connectivity index (χ2n) is 7.96. The van der Waals surface area contributed by atoms with E-state index in [1.165, 1.54) is 32.3 Å². The van der Waals surface area contributed by atoms with Crippen LogP contribution < -0.4 is 0 Å². The van der Waals surface area contributed by atoms with Gasteiger partial charge in [-0.05, 0) is 55.5 Å². The van der Waals surface area contributed by atoms with Gasteiger partial charge >= 0.3 is 0 Å². The van der Waals surface area contributed by atoms with Crippen molar-refractivity contribution in [1.82, 2.24) is 13.8 Å². The highest BCUT2D eigenvalue weighted by Crippen LogP contribution is 2.35. The molecule has 1 amide bonds. The third-order valence-electron chi connectivity index (χ3n) is 5.70. The molecule has 2 aromatic rings. The van der Waals surface area contributed by atoms with Gasteiger partial charge in [-0.15, -0.1) is 0 Å². The van der Waals surface area contributed by atoms with Crippen LogP contribution in [0.4, 0.5) is 0 Å². The lowest BCUT2D eigenvalue weighted by Gasteiger charge is -2.31. The highest BCUT2D eigenvalue weighted by atomic mass is 35.5. The molecule has 0 saturated carbocycles. The van der Waals surface area contributed by atoms with Crippen molar-refractivity contribution in [2.24, 2.45) is 13.0 Å². The predicted molar refractivity (Wildman–Crippen MR) is 115 cm³/mol. The van der Waals surface area contributed by atoms with Crippen molar-refractivity contribution < 1.29 is 13.2 Å². The van der Waals surface area contributed by atoms with Crippen molar-refractivity contribution in [2.45, 2.75) is 37.1 Å². The molecule has 0 spiro atoms. The largest absolute Gasteiger partial charge is 0.353 e. The molecule has 1 aliphatic heterocycles. The summed E-state index contributed by atoms with van der Waals surface area (Å²) in [4.78, 5) is 15.5. The number of likely N-dealkylation sites (tertiary alicyclic amines) is 1. The zero-order valence-corrected chi connectivity index (χ0v) is 18.9. The molecule has 0 unspecified atom stereocenters. The van der Waals surface area contributed by atoms with E-state index >= 15 is 0 Å². The summed E-state index contributed by atoms with van der Waals surface area (Å²) >= 11 is 6.35. The SMILES string of the molecule is C[C@H]1CC[C@H](c2cccn2C)N(C(=O)c2cc(S(=O)(=O)N(C)C)ccc2Cl)CC1. The monoisotopic (exact) mass is 437 g/mol. The molecule has 0 aliphatic carbocycles. The van der Waals surface area contributed by atoms with E-state index in [0.717, 1.165) is 29.3 Å². The molecule has 8 heteroatoms. The van der Waals surface area contributed by atoms with E-state index in [-0.39, 0.29) is 27.4 Å². The van der Waals surface area contributed by atoms with Crippen LogP contribution in [-0.4, -0.2) is 48.7 Å². The second kappa shape index (κ2) is 8.50. The average Bonchev–Trinajstić information content (AvgIpc) is 2.99. The first-order valence-electron chi connectivity index (χ1n) is 9.77. The Kier molecular flexibility index (Phi) is 6.41. The van der Waals surface area contributed by atoms with Gasteiger partial charge in [0.1, 0.15) is 0 Å². The first-order chi connectivity index (χ1) is 13.6. The summed E-state index contributed by atoms with van der Waals surface area (Å²) in [6.07, 6.45) is 4.77. The number of aromatic nitrogens is 1. The van der Waals surface area contributed by atoms with Gasteiger partial charge in [0.2, 0.25) is 10.0 Å². The molecule has 0 radical (unpaired) electrons. The number of hydrogen-bond donors (Lipinski definition) is 0. The molecule has 158 valence electrons. The Morgan fingerprint density at radius 1 is 1.17 bits per heavy atom. The van der Waals surface area contributed by atoms with Gasteiger partial charge < -0.3 is 9.47 Å². The second-order valence-corrected chi connectivity index (χ2v) is 10.5. The molecule has 0 N–H and O–H groups in total. The van der Waals surface area contributed by atoms with Crippen LogP contribution in [0.5, 0.6) is 0 Å². The molecule has 0 bridgehead atoms. The fourth-order valence-corrected chi connectivity index (χ4v) is 4.95. The minimum Gasteiger partial charge on any atom is -0.353 e. The Morgan fingerprint density at radius 2 is 1.90 bits per heavy atom. The number of halogens is 1. The first-order valence-corrected chi connectivity index (χ1v) is 11.6. The molecule has 1 aromatic heterocycles. The molecular formula is C21H28ClN3O3S. The van der Waals surface area contributed by atoms with Crippen LogP contribution in [0.3, 0.4) is 0 Å². The number of carbonyl (C=O) groups is 1. The van der Waals surface area contributed by atoms with Crippen LogP contribution in [0.15, 0.2) is 41.4 Å². The maximum Gasteiger partial charge on any atom is 0.255 e. The van der Waals surface area contributed by atoms with Crippen molar-refractivity contribution in [2.75, 3.05) is 20.6 Å². The standard InChI is InChI=1S/C21H28ClN3O3S/c1-15-7-10-20(19-6-5-12-24(19)4)25(13-11-15)21(26)17-14-16(8-9-18(17)22)29(27,28)23(2)3/h5-6,8-9,12,14-15,20H,7,10-11,13H2,1-4H3/t15-,20+/m0/s1. The summed E-state index contributed by atoms with van der Waals surface area (Å²) in [7, 11) is 1.25. The van der Waals surface area contributed by atoms with E-state index in [9.17, 15) is 13.2 Å². The van der Waals surface area contributed by atoms with Crippen LogP contribution in [0.2, 0.25) is 5.02 Å². The van der Waals surface area contributed by atoms with Gasteiger partial charge in [0.05, 0.1) is 21.5 Å². The van der Waals surface area contributed by atoms with Crippen molar-refractivity contribution in [3.8, 4) is 0 Å². The van der Waals surface area contributed by atoms with Gasteiger partial charge in [-0.3, -0.25) is 4.79 Å². The lowest BCUT2D eigenvalue weighted by atomic mass is 10.00. The van der Waals surface area contributed by atoms with Crippen LogP contribution in [0.25, 0.3) is 0 Å². The quantitative estimate of drug-likeness (QED) is 0.727. The summed E-state index contributed by atoms with van der Waals surface area (Å²) < 4.78 is 28.3. The molecule has 1 saturated heterocycles. The van der Waals surface area contributed by atoms with E-state index in [1.54, 1.807) is 0 Å². The van der Waals surface area contributed by atoms with Gasteiger partial charge in [0.15, 0.2) is 0 Å².